The normalized spacial score (nSPS) is 18.1. The number of hydrogen-bond donors (Lipinski definition) is 1. The SMILES string of the molecule is Cl.c1ccc(CN2CCc3ccc(SCCC4CCNCC4)cc3CC2)cc1. The van der Waals surface area contributed by atoms with Gasteiger partial charge in [-0.3, -0.25) is 4.90 Å². The average molecular weight is 417 g/mol. The first kappa shape index (κ1) is 21.7. The van der Waals surface area contributed by atoms with Crippen molar-refractivity contribution in [2.75, 3.05) is 31.9 Å². The summed E-state index contributed by atoms with van der Waals surface area (Å²) in [7, 11) is 0. The van der Waals surface area contributed by atoms with Crippen LogP contribution in [0.3, 0.4) is 0 Å². The predicted octanol–water partition coefficient (Wildman–Crippen LogP) is 5.19. The van der Waals surface area contributed by atoms with Gasteiger partial charge in [-0.2, -0.15) is 0 Å². The minimum absolute atomic E-state index is 0. The summed E-state index contributed by atoms with van der Waals surface area (Å²) in [6.07, 6.45) is 6.46. The molecule has 28 heavy (non-hydrogen) atoms. The van der Waals surface area contributed by atoms with Crippen LogP contribution in [-0.2, 0) is 19.4 Å². The highest BCUT2D eigenvalue weighted by Crippen LogP contribution is 2.27. The van der Waals surface area contributed by atoms with Crippen molar-refractivity contribution in [2.45, 2.75) is 43.5 Å². The van der Waals surface area contributed by atoms with E-state index >= 15 is 0 Å². The van der Waals surface area contributed by atoms with Crippen molar-refractivity contribution in [2.24, 2.45) is 5.92 Å². The van der Waals surface area contributed by atoms with Crippen LogP contribution in [0.15, 0.2) is 53.4 Å². The molecule has 0 amide bonds. The van der Waals surface area contributed by atoms with Gasteiger partial charge in [-0.1, -0.05) is 36.4 Å². The van der Waals surface area contributed by atoms with Crippen molar-refractivity contribution in [3.63, 3.8) is 0 Å². The Balaban J connectivity index is 0.00000225. The Labute approximate surface area is 180 Å². The summed E-state index contributed by atoms with van der Waals surface area (Å²) in [5.74, 6) is 2.20. The Morgan fingerprint density at radius 3 is 2.46 bits per heavy atom. The minimum atomic E-state index is 0. The molecule has 4 heteroatoms. The summed E-state index contributed by atoms with van der Waals surface area (Å²) in [5.41, 5.74) is 4.57. The van der Waals surface area contributed by atoms with Crippen LogP contribution in [0, 0.1) is 5.92 Å². The van der Waals surface area contributed by atoms with Crippen molar-refractivity contribution in [1.29, 1.82) is 0 Å². The second-order valence-corrected chi connectivity index (χ2v) is 9.19. The molecule has 0 atom stereocenters. The molecule has 2 aliphatic rings. The Bertz CT molecular complexity index is 716. The van der Waals surface area contributed by atoms with E-state index in [0.29, 0.717) is 0 Å². The molecule has 0 saturated carbocycles. The third-order valence-electron chi connectivity index (χ3n) is 6.08. The molecule has 4 rings (SSSR count). The van der Waals surface area contributed by atoms with Crippen LogP contribution < -0.4 is 5.32 Å². The van der Waals surface area contributed by atoms with Crippen LogP contribution in [0.5, 0.6) is 0 Å². The van der Waals surface area contributed by atoms with Crippen LogP contribution in [-0.4, -0.2) is 36.8 Å². The van der Waals surface area contributed by atoms with E-state index in [4.69, 9.17) is 0 Å². The van der Waals surface area contributed by atoms with Crippen molar-refractivity contribution in [1.82, 2.24) is 10.2 Å². The first-order valence-electron chi connectivity index (χ1n) is 10.6. The van der Waals surface area contributed by atoms with Gasteiger partial charge < -0.3 is 5.32 Å². The van der Waals surface area contributed by atoms with Crippen LogP contribution in [0.1, 0.15) is 36.0 Å². The highest BCUT2D eigenvalue weighted by Gasteiger charge is 2.16. The molecular formula is C24H33ClN2S. The largest absolute Gasteiger partial charge is 0.317 e. The standard InChI is InChI=1S/C24H32N2S.ClH/c1-2-4-21(5-3-1)19-26-15-10-22-6-7-24(18-23(22)11-16-26)27-17-12-20-8-13-25-14-9-20;/h1-7,18,20,25H,8-17,19H2;1H. The predicted molar refractivity (Wildman–Crippen MR) is 124 cm³/mol. The van der Waals surface area contributed by atoms with E-state index < -0.39 is 0 Å². The zero-order chi connectivity index (χ0) is 18.3. The molecular weight excluding hydrogens is 384 g/mol. The fourth-order valence-corrected chi connectivity index (χ4v) is 5.43. The maximum atomic E-state index is 3.47. The maximum absolute atomic E-state index is 3.47. The number of rotatable bonds is 6. The third kappa shape index (κ3) is 6.25. The van der Waals surface area contributed by atoms with Crippen molar-refractivity contribution in [3.05, 3.63) is 65.2 Å². The minimum Gasteiger partial charge on any atom is -0.317 e. The van der Waals surface area contributed by atoms with Gasteiger partial charge in [-0.25, -0.2) is 0 Å². The number of benzene rings is 2. The molecule has 0 radical (unpaired) electrons. The number of thioether (sulfide) groups is 1. The highest BCUT2D eigenvalue weighted by atomic mass is 35.5. The molecule has 2 heterocycles. The van der Waals surface area contributed by atoms with Gasteiger partial charge in [0.15, 0.2) is 0 Å². The molecule has 0 aliphatic carbocycles. The van der Waals surface area contributed by atoms with E-state index in [1.807, 2.05) is 0 Å². The van der Waals surface area contributed by atoms with Gasteiger partial charge in [0.1, 0.15) is 0 Å². The van der Waals surface area contributed by atoms with Crippen molar-refractivity contribution >= 4 is 24.2 Å². The van der Waals surface area contributed by atoms with E-state index in [-0.39, 0.29) is 12.4 Å². The number of piperidine rings is 1. The summed E-state index contributed by atoms with van der Waals surface area (Å²) >= 11 is 2.06. The summed E-state index contributed by atoms with van der Waals surface area (Å²) in [5, 5.41) is 3.47. The summed E-state index contributed by atoms with van der Waals surface area (Å²) in [6, 6.07) is 18.1. The first-order valence-corrected chi connectivity index (χ1v) is 11.6. The van der Waals surface area contributed by atoms with Crippen molar-refractivity contribution in [3.8, 4) is 0 Å². The molecule has 0 bridgehead atoms. The van der Waals surface area contributed by atoms with E-state index in [1.54, 1.807) is 11.1 Å². The monoisotopic (exact) mass is 416 g/mol. The van der Waals surface area contributed by atoms with Crippen LogP contribution in [0.4, 0.5) is 0 Å². The number of nitrogens with one attached hydrogen (secondary N) is 1. The summed E-state index contributed by atoms with van der Waals surface area (Å²) in [4.78, 5) is 4.08. The highest BCUT2D eigenvalue weighted by molar-refractivity contribution is 7.99. The van der Waals surface area contributed by atoms with Gasteiger partial charge in [0.25, 0.3) is 0 Å². The molecule has 152 valence electrons. The molecule has 0 spiro atoms. The molecule has 0 aromatic heterocycles. The number of fused-ring (bicyclic) bond motifs is 1. The Morgan fingerprint density at radius 2 is 1.68 bits per heavy atom. The van der Waals surface area contributed by atoms with Gasteiger partial charge in [-0.15, -0.1) is 24.2 Å². The zero-order valence-electron chi connectivity index (χ0n) is 16.7. The van der Waals surface area contributed by atoms with Gasteiger partial charge in [0.2, 0.25) is 0 Å². The number of nitrogens with zero attached hydrogens (tertiary/aromatic N) is 1. The molecule has 0 unspecified atom stereocenters. The quantitative estimate of drug-likeness (QED) is 0.652. The van der Waals surface area contributed by atoms with E-state index in [2.05, 4.69) is 70.5 Å². The summed E-state index contributed by atoms with van der Waals surface area (Å²) in [6.45, 7) is 5.85. The molecule has 1 saturated heterocycles. The molecule has 1 fully saturated rings. The van der Waals surface area contributed by atoms with Crippen LogP contribution >= 0.6 is 24.2 Å². The lowest BCUT2D eigenvalue weighted by Gasteiger charge is -2.22. The lowest BCUT2D eigenvalue weighted by molar-refractivity contribution is 0.279. The Kier molecular flexibility index (Phi) is 8.72. The molecule has 2 aromatic rings. The zero-order valence-corrected chi connectivity index (χ0v) is 18.4. The molecule has 2 aliphatic heterocycles. The number of halogens is 1. The van der Waals surface area contributed by atoms with E-state index in [1.165, 1.54) is 74.5 Å². The maximum Gasteiger partial charge on any atom is 0.0233 e. The lowest BCUT2D eigenvalue weighted by Crippen LogP contribution is -2.27. The fraction of sp³-hybridized carbons (Fsp3) is 0.500. The molecule has 1 N–H and O–H groups in total. The van der Waals surface area contributed by atoms with Gasteiger partial charge in [0.05, 0.1) is 0 Å². The fourth-order valence-electron chi connectivity index (χ4n) is 4.35. The second kappa shape index (κ2) is 11.3. The second-order valence-electron chi connectivity index (χ2n) is 8.02. The van der Waals surface area contributed by atoms with E-state index in [0.717, 1.165) is 12.5 Å². The number of hydrogen-bond acceptors (Lipinski definition) is 3. The van der Waals surface area contributed by atoms with Crippen LogP contribution in [0.2, 0.25) is 0 Å². The molecule has 2 nitrogen and oxygen atoms in total. The van der Waals surface area contributed by atoms with Gasteiger partial charge >= 0.3 is 0 Å². The van der Waals surface area contributed by atoms with E-state index in [9.17, 15) is 0 Å². The lowest BCUT2D eigenvalue weighted by atomic mass is 9.96. The molecule has 2 aromatic carbocycles. The van der Waals surface area contributed by atoms with Crippen molar-refractivity contribution < 1.29 is 0 Å². The van der Waals surface area contributed by atoms with Gasteiger partial charge in [0, 0.05) is 24.5 Å². The summed E-state index contributed by atoms with van der Waals surface area (Å²) < 4.78 is 0. The average Bonchev–Trinajstić information content (AvgIpc) is 2.92. The first-order chi connectivity index (χ1) is 13.4. The van der Waals surface area contributed by atoms with Crippen LogP contribution in [0.25, 0.3) is 0 Å². The van der Waals surface area contributed by atoms with Gasteiger partial charge in [-0.05, 0) is 85.7 Å². The smallest absolute Gasteiger partial charge is 0.0233 e. The Morgan fingerprint density at radius 1 is 0.929 bits per heavy atom. The third-order valence-corrected chi connectivity index (χ3v) is 7.10. The Hall–Kier alpha value is -1.00. The topological polar surface area (TPSA) is 15.3 Å².